The molecule has 0 spiro atoms. The van der Waals surface area contributed by atoms with Crippen molar-refractivity contribution in [2.24, 2.45) is 11.8 Å². The van der Waals surface area contributed by atoms with Gasteiger partial charge in [0.2, 0.25) is 16.0 Å². The molecule has 1 aromatic heterocycles. The molecule has 40 heavy (non-hydrogen) atoms. The number of aromatic nitrogens is 2. The zero-order chi connectivity index (χ0) is 28.2. The van der Waals surface area contributed by atoms with Gasteiger partial charge in [0, 0.05) is 25.4 Å². The topological polar surface area (TPSA) is 105 Å². The highest BCUT2D eigenvalue weighted by Crippen LogP contribution is 2.34. The Morgan fingerprint density at radius 3 is 2.58 bits per heavy atom. The van der Waals surface area contributed by atoms with Crippen LogP contribution in [0, 0.1) is 11.8 Å². The molecule has 0 amide bonds. The Morgan fingerprint density at radius 2 is 1.90 bits per heavy atom. The molecule has 2 atom stereocenters. The summed E-state index contributed by atoms with van der Waals surface area (Å²) in [6.07, 6.45) is 9.34. The number of Topliss-reactive ketones (excluding diaryl/α,β-unsaturated/α-hetero) is 1. The average molecular weight is 594 g/mol. The van der Waals surface area contributed by atoms with Gasteiger partial charge in [-0.25, -0.2) is 22.7 Å². The number of nitrogens with zero attached hydrogens (tertiary/aromatic N) is 4. The molecule has 222 valence electrons. The van der Waals surface area contributed by atoms with Crippen LogP contribution in [0.25, 0.3) is 0 Å². The molecule has 1 N–H and O–H groups in total. The number of carbonyl (C=O) groups is 1. The number of methoxy groups -OCH3 is 1. The molecule has 0 radical (unpaired) electrons. The van der Waals surface area contributed by atoms with Crippen LogP contribution in [0.15, 0.2) is 24.4 Å². The van der Waals surface area contributed by atoms with Gasteiger partial charge >= 0.3 is 0 Å². The second kappa shape index (κ2) is 14.1. The van der Waals surface area contributed by atoms with Crippen molar-refractivity contribution in [2.75, 3.05) is 45.9 Å². The Morgan fingerprint density at radius 1 is 1.20 bits per heavy atom. The van der Waals surface area contributed by atoms with Crippen molar-refractivity contribution in [3.8, 4) is 5.75 Å². The second-order valence-electron chi connectivity index (χ2n) is 11.0. The number of ether oxygens (including phenoxy) is 1. The van der Waals surface area contributed by atoms with E-state index in [0.29, 0.717) is 40.9 Å². The van der Waals surface area contributed by atoms with E-state index in [0.717, 1.165) is 57.2 Å². The summed E-state index contributed by atoms with van der Waals surface area (Å²) >= 11 is 6.51. The normalized spacial score (nSPS) is 20.6. The summed E-state index contributed by atoms with van der Waals surface area (Å²) in [6, 6.07) is 5.60. The Kier molecular flexibility index (Phi) is 11.3. The van der Waals surface area contributed by atoms with Crippen molar-refractivity contribution < 1.29 is 17.9 Å². The van der Waals surface area contributed by atoms with Crippen LogP contribution in [0.2, 0.25) is 5.02 Å². The van der Waals surface area contributed by atoms with Gasteiger partial charge in [-0.3, -0.25) is 4.79 Å². The predicted molar refractivity (Wildman–Crippen MR) is 161 cm³/mol. The third-order valence-corrected chi connectivity index (χ3v) is 9.83. The molecule has 4 rings (SSSR count). The van der Waals surface area contributed by atoms with Gasteiger partial charge < -0.3 is 15.0 Å². The van der Waals surface area contributed by atoms with Gasteiger partial charge in [-0.1, -0.05) is 37.9 Å². The lowest BCUT2D eigenvalue weighted by Crippen LogP contribution is -2.43. The number of piperidine rings is 1. The molecule has 9 nitrogen and oxygen atoms in total. The van der Waals surface area contributed by atoms with Crippen LogP contribution in [0.5, 0.6) is 5.75 Å². The Balaban J connectivity index is 0.00000441. The van der Waals surface area contributed by atoms with E-state index in [1.807, 2.05) is 18.2 Å². The molecule has 11 heteroatoms. The van der Waals surface area contributed by atoms with Crippen molar-refractivity contribution in [3.63, 3.8) is 0 Å². The molecule has 1 aliphatic carbocycles. The van der Waals surface area contributed by atoms with Gasteiger partial charge in [0.05, 0.1) is 36.0 Å². The van der Waals surface area contributed by atoms with Crippen LogP contribution in [0.3, 0.4) is 0 Å². The smallest absolute Gasteiger partial charge is 0.227 e. The minimum absolute atomic E-state index is 0. The highest BCUT2D eigenvalue weighted by molar-refractivity contribution is 7.88. The molecular formula is C29H44ClN5O4S. The van der Waals surface area contributed by atoms with Crippen molar-refractivity contribution in [1.29, 1.82) is 0 Å². The third kappa shape index (κ3) is 8.15. The van der Waals surface area contributed by atoms with Gasteiger partial charge in [-0.2, -0.15) is 0 Å². The summed E-state index contributed by atoms with van der Waals surface area (Å²) in [7, 11) is 2.04. The van der Waals surface area contributed by atoms with E-state index >= 15 is 0 Å². The van der Waals surface area contributed by atoms with Gasteiger partial charge in [0.1, 0.15) is 11.5 Å². The Hall–Kier alpha value is -2.27. The van der Waals surface area contributed by atoms with Crippen molar-refractivity contribution in [3.05, 3.63) is 40.7 Å². The van der Waals surface area contributed by atoms with E-state index in [-0.39, 0.29) is 31.1 Å². The first-order valence-corrected chi connectivity index (χ1v) is 15.9. The summed E-state index contributed by atoms with van der Waals surface area (Å²) in [6.45, 7) is 1.91. The maximum absolute atomic E-state index is 13.0. The summed E-state index contributed by atoms with van der Waals surface area (Å²) in [5, 5.41) is 3.71. The minimum Gasteiger partial charge on any atom is -0.495 e. The summed E-state index contributed by atoms with van der Waals surface area (Å²) in [5.74, 6) is 1.47. The first-order valence-electron chi connectivity index (χ1n) is 13.6. The van der Waals surface area contributed by atoms with Crippen LogP contribution in [0.1, 0.15) is 57.2 Å². The number of likely N-dealkylation sites (tertiary alicyclic amines) is 1. The highest BCUT2D eigenvalue weighted by Gasteiger charge is 2.33. The molecule has 1 saturated carbocycles. The largest absolute Gasteiger partial charge is 0.495 e. The standard InChI is InChI=1S/C28H40ClN5O4S.CH4/c1-33-13-11-20(12-14-33)26(35)16-19-9-10-27(38-3)24(15-19)32-28-30-18-22(29)23(31-28)17-21-7-5-6-8-25(21)34(2)39(4,36)37;/h9-10,15,18,20-21,25H,5-8,11-14,16-17H2,1-4H3,(H,30,31,32);1H4/t21-,25+;/m0./s1. The van der Waals surface area contributed by atoms with E-state index < -0.39 is 10.0 Å². The Labute approximate surface area is 244 Å². The lowest BCUT2D eigenvalue weighted by atomic mass is 9.81. The molecule has 0 bridgehead atoms. The molecule has 2 fully saturated rings. The number of carbonyl (C=O) groups excluding carboxylic acids is 1. The SMILES string of the molecule is C.COc1ccc(CC(=O)C2CCN(C)CC2)cc1Nc1ncc(Cl)c(C[C@@H]2CCCC[C@H]2N(C)S(C)(=O)=O)n1. The molecule has 2 heterocycles. The summed E-state index contributed by atoms with van der Waals surface area (Å²) in [5.41, 5.74) is 2.26. The molecular weight excluding hydrogens is 550 g/mol. The first kappa shape index (κ1) is 32.2. The van der Waals surface area contributed by atoms with Gasteiger partial charge in [0.15, 0.2) is 0 Å². The van der Waals surface area contributed by atoms with Crippen LogP contribution in [0.4, 0.5) is 11.6 Å². The highest BCUT2D eigenvalue weighted by atomic mass is 35.5. The molecule has 0 unspecified atom stereocenters. The number of hydrogen-bond acceptors (Lipinski definition) is 8. The van der Waals surface area contributed by atoms with Crippen molar-refractivity contribution in [2.45, 2.75) is 64.8 Å². The number of rotatable bonds is 10. The number of hydrogen-bond donors (Lipinski definition) is 1. The molecule has 2 aromatic rings. The van der Waals surface area contributed by atoms with Gasteiger partial charge in [0.25, 0.3) is 0 Å². The number of benzene rings is 1. The van der Waals surface area contributed by atoms with Crippen LogP contribution in [-0.2, 0) is 27.7 Å². The molecule has 1 saturated heterocycles. The number of halogens is 1. The quantitative estimate of drug-likeness (QED) is 0.412. The van der Waals surface area contributed by atoms with Crippen LogP contribution >= 0.6 is 11.6 Å². The fraction of sp³-hybridized carbons (Fsp3) is 0.621. The average Bonchev–Trinajstić information content (AvgIpc) is 2.90. The maximum atomic E-state index is 13.0. The van der Waals surface area contributed by atoms with Crippen LogP contribution < -0.4 is 10.1 Å². The molecule has 1 aliphatic heterocycles. The zero-order valence-corrected chi connectivity index (χ0v) is 24.9. The number of sulfonamides is 1. The van der Waals surface area contributed by atoms with E-state index in [2.05, 4.69) is 22.2 Å². The van der Waals surface area contributed by atoms with E-state index in [9.17, 15) is 13.2 Å². The van der Waals surface area contributed by atoms with Gasteiger partial charge in [-0.15, -0.1) is 0 Å². The fourth-order valence-corrected chi connectivity index (χ4v) is 6.70. The Bertz CT molecular complexity index is 1270. The molecule has 2 aliphatic rings. The number of nitrogens with one attached hydrogen (secondary N) is 1. The zero-order valence-electron chi connectivity index (χ0n) is 23.3. The monoisotopic (exact) mass is 593 g/mol. The van der Waals surface area contributed by atoms with Crippen molar-refractivity contribution >= 4 is 39.0 Å². The van der Waals surface area contributed by atoms with E-state index in [1.54, 1.807) is 20.4 Å². The minimum atomic E-state index is -3.30. The predicted octanol–water partition coefficient (Wildman–Crippen LogP) is 4.96. The summed E-state index contributed by atoms with van der Waals surface area (Å²) in [4.78, 5) is 24.3. The number of anilines is 2. The third-order valence-electron chi connectivity index (χ3n) is 8.19. The lowest BCUT2D eigenvalue weighted by molar-refractivity contribution is -0.123. The van der Waals surface area contributed by atoms with Gasteiger partial charge in [-0.05, 0) is 75.9 Å². The van der Waals surface area contributed by atoms with E-state index in [1.165, 1.54) is 10.6 Å². The van der Waals surface area contributed by atoms with Crippen molar-refractivity contribution in [1.82, 2.24) is 19.2 Å². The maximum Gasteiger partial charge on any atom is 0.227 e. The second-order valence-corrected chi connectivity index (χ2v) is 13.4. The van der Waals surface area contributed by atoms with Crippen LogP contribution in [-0.4, -0.2) is 80.0 Å². The fourth-order valence-electron chi connectivity index (χ4n) is 5.76. The van der Waals surface area contributed by atoms with E-state index in [4.69, 9.17) is 21.3 Å². The lowest BCUT2D eigenvalue weighted by Gasteiger charge is -2.36. The number of ketones is 1. The molecule has 1 aromatic carbocycles. The first-order chi connectivity index (χ1) is 18.5. The summed E-state index contributed by atoms with van der Waals surface area (Å²) < 4.78 is 31.5.